The number of benzene rings is 2. The van der Waals surface area contributed by atoms with Gasteiger partial charge in [0.25, 0.3) is 0 Å². The molecular formula is C74H106Cl4N12O20. The lowest BCUT2D eigenvalue weighted by Crippen LogP contribution is -2.48. The topological polar surface area (TPSA) is 431 Å². The monoisotopic (exact) mass is 1620 g/mol. The minimum Gasteiger partial charge on any atom is -0.481 e. The SMILES string of the molecule is O=C(O)CC(NC(=O)[C@H](CCCCNC(=O)CCOCCOCCOCCOC(=O)NCCCCNC(=O)OCCOCCOCCOCCC(=O)NCCCC[C@H](NC(=O)CCCCNc1ccccn1)C(=O)NC(CC(=O)O)c1cc(Cl)cc(Cl)c1)NC(=O)CCCCNc1ccccn1)c1cc(Cl)cc(Cl)c1. The fourth-order valence-corrected chi connectivity index (χ4v) is 11.4. The summed E-state index contributed by atoms with van der Waals surface area (Å²) in [6, 6.07) is 16.2. The predicted octanol–water partition coefficient (Wildman–Crippen LogP) is 8.27. The Kier molecular flexibility index (Phi) is 50.7. The van der Waals surface area contributed by atoms with Crippen molar-refractivity contribution in [2.75, 3.05) is 142 Å². The molecule has 2 unspecified atom stereocenters. The zero-order valence-corrected chi connectivity index (χ0v) is 64.9. The smallest absolute Gasteiger partial charge is 0.407 e. The number of carbonyl (C=O) groups is 10. The molecule has 2 heterocycles. The second-order valence-corrected chi connectivity index (χ2v) is 26.6. The summed E-state index contributed by atoms with van der Waals surface area (Å²) >= 11 is 24.7. The number of carbonyl (C=O) groups excluding carboxylic acids is 8. The first-order valence-corrected chi connectivity index (χ1v) is 38.4. The molecule has 0 saturated heterocycles. The Morgan fingerprint density at radius 3 is 1.03 bits per heavy atom. The standard InChI is InChI=1S/C74H106Cl4N12O20/c75-55-45-53(46-56(76)49-55)61(51-69(95)96)89-71(99)59(87-67(93)19-5-11-25-81-63-17-3-9-23-79-63)15-1-7-27-83-65(91)21-31-103-33-35-105-37-39-107-41-43-109-73(101)85-29-13-14-30-86-74(102)110-44-42-108-40-38-106-36-34-104-32-22-66(92)84-28-8-2-16-60(88-68(94)20-6-12-26-82-64-18-4-10-24-80-64)72(100)90-62(52-70(97)98)54-47-57(77)50-58(78)48-54/h3-4,9-10,17-18,23-24,45-50,59-62H,1-2,5-8,11-16,19-22,25-44,51-52H2,(H,79,81)(H,80,82)(H,83,91)(H,84,92)(H,85,101)(H,86,102)(H,87,93)(H,88,94)(H,89,99)(H,90,100)(H,95,96)(H,97,98)/t59-,60-,61?,62?/m0/s1. The molecule has 2 aromatic carbocycles. The number of ether oxygens (including phenoxy) is 8. The zero-order chi connectivity index (χ0) is 79.6. The highest BCUT2D eigenvalue weighted by atomic mass is 35.5. The van der Waals surface area contributed by atoms with Crippen LogP contribution in [0.4, 0.5) is 21.2 Å². The molecule has 0 aliphatic carbocycles. The van der Waals surface area contributed by atoms with E-state index in [2.05, 4.69) is 63.1 Å². The van der Waals surface area contributed by atoms with E-state index in [0.717, 1.165) is 11.6 Å². The van der Waals surface area contributed by atoms with E-state index < -0.39 is 72.9 Å². The van der Waals surface area contributed by atoms with Gasteiger partial charge in [-0.05, 0) is 149 Å². The fourth-order valence-electron chi connectivity index (χ4n) is 10.3. The summed E-state index contributed by atoms with van der Waals surface area (Å²) in [6.07, 6.45) is 7.64. The number of rotatable bonds is 63. The van der Waals surface area contributed by atoms with Crippen LogP contribution in [-0.4, -0.2) is 224 Å². The van der Waals surface area contributed by atoms with Crippen molar-refractivity contribution in [1.82, 2.24) is 52.5 Å². The van der Waals surface area contributed by atoms with E-state index in [9.17, 15) is 58.2 Å². The lowest BCUT2D eigenvalue weighted by molar-refractivity contribution is -0.139. The Labute approximate surface area is 661 Å². The molecule has 4 aromatic rings. The van der Waals surface area contributed by atoms with Crippen molar-refractivity contribution in [2.45, 2.75) is 140 Å². The number of aromatic nitrogens is 2. The number of hydrogen-bond donors (Lipinski definition) is 12. The Balaban J connectivity index is 0.911. The largest absolute Gasteiger partial charge is 0.481 e. The van der Waals surface area contributed by atoms with Gasteiger partial charge in [-0.1, -0.05) is 58.5 Å². The van der Waals surface area contributed by atoms with E-state index in [-0.39, 0.29) is 175 Å². The molecule has 0 radical (unpaired) electrons. The molecule has 4 rings (SSSR count). The van der Waals surface area contributed by atoms with E-state index in [4.69, 9.17) is 84.3 Å². The summed E-state index contributed by atoms with van der Waals surface area (Å²) in [5.74, 6) is -3.18. The summed E-state index contributed by atoms with van der Waals surface area (Å²) in [4.78, 5) is 135. The maximum atomic E-state index is 13.7. The van der Waals surface area contributed by atoms with E-state index in [0.29, 0.717) is 115 Å². The van der Waals surface area contributed by atoms with Crippen LogP contribution in [0.2, 0.25) is 20.1 Å². The van der Waals surface area contributed by atoms with Crippen molar-refractivity contribution in [1.29, 1.82) is 0 Å². The van der Waals surface area contributed by atoms with Gasteiger partial charge in [0.15, 0.2) is 0 Å². The number of unbranched alkanes of at least 4 members (excludes halogenated alkanes) is 5. The molecule has 0 fully saturated rings. The highest BCUT2D eigenvalue weighted by Gasteiger charge is 2.28. The average molecular weight is 1630 g/mol. The molecule has 32 nitrogen and oxygen atoms in total. The highest BCUT2D eigenvalue weighted by Crippen LogP contribution is 2.28. The maximum Gasteiger partial charge on any atom is 0.407 e. The van der Waals surface area contributed by atoms with Crippen LogP contribution in [0.1, 0.15) is 139 Å². The van der Waals surface area contributed by atoms with Gasteiger partial charge in [-0.2, -0.15) is 0 Å². The number of alkyl carbamates (subject to hydrolysis) is 2. The van der Waals surface area contributed by atoms with Crippen molar-refractivity contribution >= 4 is 118 Å². The third-order valence-electron chi connectivity index (χ3n) is 15.9. The van der Waals surface area contributed by atoms with Gasteiger partial charge in [-0.3, -0.25) is 38.4 Å². The van der Waals surface area contributed by atoms with Crippen LogP contribution in [-0.2, 0) is 76.3 Å². The van der Waals surface area contributed by atoms with E-state index in [1.807, 2.05) is 36.4 Å². The minimum absolute atomic E-state index is 0.0253. The van der Waals surface area contributed by atoms with Gasteiger partial charge in [0.1, 0.15) is 36.9 Å². The lowest BCUT2D eigenvalue weighted by atomic mass is 10.0. The highest BCUT2D eigenvalue weighted by molar-refractivity contribution is 6.35. The van der Waals surface area contributed by atoms with Crippen LogP contribution >= 0.6 is 46.4 Å². The zero-order valence-electron chi connectivity index (χ0n) is 61.9. The number of nitrogens with zero attached hydrogens (tertiary/aromatic N) is 2. The van der Waals surface area contributed by atoms with Crippen molar-refractivity contribution in [2.24, 2.45) is 0 Å². The molecule has 36 heteroatoms. The molecule has 610 valence electrons. The quantitative estimate of drug-likeness (QED) is 0.0185. The molecular weight excluding hydrogens is 1520 g/mol. The van der Waals surface area contributed by atoms with Gasteiger partial charge in [0.05, 0.1) is 104 Å². The van der Waals surface area contributed by atoms with E-state index >= 15 is 0 Å². The minimum atomic E-state index is -1.16. The summed E-state index contributed by atoms with van der Waals surface area (Å²) in [5, 5.41) is 48.8. The first-order valence-electron chi connectivity index (χ1n) is 36.9. The number of halogens is 4. The number of carboxylic acid groups (broad SMARTS) is 2. The van der Waals surface area contributed by atoms with Crippen molar-refractivity contribution in [3.8, 4) is 0 Å². The second kappa shape index (κ2) is 59.4. The lowest BCUT2D eigenvalue weighted by Gasteiger charge is -2.23. The fraction of sp³-hybridized carbons (Fsp3) is 0.568. The van der Waals surface area contributed by atoms with Crippen molar-refractivity contribution in [3.05, 3.63) is 116 Å². The molecule has 110 heavy (non-hydrogen) atoms. The Morgan fingerprint density at radius 2 is 0.682 bits per heavy atom. The number of pyridine rings is 2. The van der Waals surface area contributed by atoms with Crippen molar-refractivity contribution < 1.29 is 96.1 Å². The molecule has 4 atom stereocenters. The van der Waals surface area contributed by atoms with Crippen LogP contribution in [0.5, 0.6) is 0 Å². The van der Waals surface area contributed by atoms with Crippen molar-refractivity contribution in [3.63, 3.8) is 0 Å². The Hall–Kier alpha value is -8.44. The number of carboxylic acids is 2. The van der Waals surface area contributed by atoms with Gasteiger partial charge < -0.3 is 101 Å². The third-order valence-corrected chi connectivity index (χ3v) is 16.7. The molecule has 0 aliphatic rings. The van der Waals surface area contributed by atoms with Gasteiger partial charge in [-0.15, -0.1) is 0 Å². The first-order chi connectivity index (χ1) is 53.2. The summed E-state index contributed by atoms with van der Waals surface area (Å²) in [6.45, 7) is 5.19. The van der Waals surface area contributed by atoms with Crippen LogP contribution in [0, 0.1) is 0 Å². The molecule has 0 bridgehead atoms. The van der Waals surface area contributed by atoms with E-state index in [1.165, 1.54) is 36.4 Å². The predicted molar refractivity (Wildman–Crippen MR) is 412 cm³/mol. The van der Waals surface area contributed by atoms with Crippen LogP contribution in [0.25, 0.3) is 0 Å². The molecule has 0 spiro atoms. The summed E-state index contributed by atoms with van der Waals surface area (Å²) in [5.41, 5.74) is 0.790. The Morgan fingerprint density at radius 1 is 0.355 bits per heavy atom. The van der Waals surface area contributed by atoms with Crippen LogP contribution < -0.4 is 53.2 Å². The van der Waals surface area contributed by atoms with Crippen LogP contribution in [0.15, 0.2) is 85.2 Å². The second-order valence-electron chi connectivity index (χ2n) is 24.9. The van der Waals surface area contributed by atoms with Crippen LogP contribution in [0.3, 0.4) is 0 Å². The number of hydrogen-bond acceptors (Lipinski definition) is 22. The molecule has 2 aromatic heterocycles. The number of amides is 8. The maximum absolute atomic E-state index is 13.7. The molecule has 0 saturated carbocycles. The third kappa shape index (κ3) is 47.6. The van der Waals surface area contributed by atoms with Gasteiger partial charge in [0, 0.05) is 97.4 Å². The summed E-state index contributed by atoms with van der Waals surface area (Å²) in [7, 11) is 0. The first kappa shape index (κ1) is 93.9. The van der Waals surface area contributed by atoms with Gasteiger partial charge in [-0.25, -0.2) is 19.6 Å². The normalized spacial score (nSPS) is 12.1. The summed E-state index contributed by atoms with van der Waals surface area (Å²) < 4.78 is 43.1. The number of aliphatic carboxylic acids is 2. The molecule has 0 aliphatic heterocycles. The Bertz CT molecular complexity index is 3090. The van der Waals surface area contributed by atoms with Gasteiger partial charge >= 0.3 is 24.1 Å². The van der Waals surface area contributed by atoms with Gasteiger partial charge in [0.2, 0.25) is 35.4 Å². The molecule has 8 amide bonds. The number of anilines is 2. The number of nitrogens with one attached hydrogen (secondary N) is 10. The van der Waals surface area contributed by atoms with E-state index in [1.54, 1.807) is 12.4 Å². The molecule has 12 N–H and O–H groups in total. The average Bonchev–Trinajstić information content (AvgIpc) is 0.849.